The number of nitrogens with zero attached hydrogens (tertiary/aromatic N) is 4. The standard InChI is InChI=1S/C18H22N4O.C3H9NO.CH4S/c1-14(16-4-3-15-5-12-23-17(15)13-16)21-8-10-22(11-9-21)18-19-6-2-7-20-18;1-5-3-2-4;1-2/h2-4,6-7,13-14H,5,8-12H2,1H3;2-4H2,1H3;2H,1H3. The fourth-order valence-electron chi connectivity index (χ4n) is 3.54. The van der Waals surface area contributed by atoms with Crippen LogP contribution in [0.1, 0.15) is 24.1 Å². The lowest BCUT2D eigenvalue weighted by molar-refractivity contribution is 0.197. The SMILES string of the molecule is CC(c1ccc2c(c1)OCC2)N1CCN(c2ncccn2)CC1.COCCN.CS. The van der Waals surface area contributed by atoms with Crippen molar-refractivity contribution in [1.29, 1.82) is 0 Å². The van der Waals surface area contributed by atoms with Gasteiger partial charge in [-0.3, -0.25) is 4.90 Å². The van der Waals surface area contributed by atoms with Crippen LogP contribution in [0.2, 0.25) is 0 Å². The van der Waals surface area contributed by atoms with Crippen molar-refractivity contribution < 1.29 is 9.47 Å². The van der Waals surface area contributed by atoms with Crippen molar-refractivity contribution in [2.75, 3.05) is 64.2 Å². The molecule has 8 heteroatoms. The minimum Gasteiger partial charge on any atom is -0.493 e. The zero-order chi connectivity index (χ0) is 21.8. The lowest BCUT2D eigenvalue weighted by Crippen LogP contribution is -2.47. The van der Waals surface area contributed by atoms with E-state index in [0.29, 0.717) is 19.2 Å². The van der Waals surface area contributed by atoms with Crippen molar-refractivity contribution >= 4 is 18.6 Å². The van der Waals surface area contributed by atoms with E-state index >= 15 is 0 Å². The lowest BCUT2D eigenvalue weighted by Gasteiger charge is -2.38. The van der Waals surface area contributed by atoms with Gasteiger partial charge in [0.05, 0.1) is 13.2 Å². The van der Waals surface area contributed by atoms with E-state index in [2.05, 4.69) is 62.3 Å². The second-order valence-corrected chi connectivity index (χ2v) is 6.99. The number of nitrogens with two attached hydrogens (primary N) is 1. The fourth-order valence-corrected chi connectivity index (χ4v) is 3.54. The molecule has 2 aliphatic heterocycles. The van der Waals surface area contributed by atoms with Crippen molar-refractivity contribution in [3.8, 4) is 5.75 Å². The molecule has 0 amide bonds. The maximum Gasteiger partial charge on any atom is 0.225 e. The molecular weight excluding hydrogens is 398 g/mol. The molecule has 2 aliphatic rings. The van der Waals surface area contributed by atoms with E-state index in [4.69, 9.17) is 10.5 Å². The number of benzene rings is 1. The molecule has 0 saturated carbocycles. The molecule has 1 saturated heterocycles. The number of thiol groups is 1. The summed E-state index contributed by atoms with van der Waals surface area (Å²) >= 11 is 3.53. The first-order valence-electron chi connectivity index (χ1n) is 10.4. The van der Waals surface area contributed by atoms with Crippen LogP contribution in [0.15, 0.2) is 36.7 Å². The number of hydrogen-bond donors (Lipinski definition) is 2. The Kier molecular flexibility index (Phi) is 10.9. The average Bonchev–Trinajstić information content (AvgIpc) is 3.29. The van der Waals surface area contributed by atoms with Crippen molar-refractivity contribution in [1.82, 2.24) is 14.9 Å². The molecule has 1 atom stereocenters. The minimum absolute atomic E-state index is 0.406. The highest BCUT2D eigenvalue weighted by Crippen LogP contribution is 2.31. The fraction of sp³-hybridized carbons (Fsp3) is 0.545. The van der Waals surface area contributed by atoms with Gasteiger partial charge in [-0.2, -0.15) is 12.6 Å². The van der Waals surface area contributed by atoms with E-state index in [1.165, 1.54) is 11.1 Å². The molecule has 4 rings (SSSR count). The average molecular weight is 434 g/mol. The van der Waals surface area contributed by atoms with E-state index in [0.717, 1.165) is 50.9 Å². The second kappa shape index (κ2) is 13.4. The largest absolute Gasteiger partial charge is 0.493 e. The van der Waals surface area contributed by atoms with Gasteiger partial charge in [0.1, 0.15) is 5.75 Å². The number of methoxy groups -OCH3 is 1. The van der Waals surface area contributed by atoms with E-state index < -0.39 is 0 Å². The van der Waals surface area contributed by atoms with Crippen LogP contribution >= 0.6 is 12.6 Å². The van der Waals surface area contributed by atoms with Crippen molar-refractivity contribution in [3.63, 3.8) is 0 Å². The van der Waals surface area contributed by atoms with Crippen LogP contribution in [0.25, 0.3) is 0 Å². The molecular formula is C22H35N5O2S. The van der Waals surface area contributed by atoms with Gasteiger partial charge in [-0.1, -0.05) is 12.1 Å². The number of anilines is 1. The van der Waals surface area contributed by atoms with Crippen LogP contribution in [0.3, 0.4) is 0 Å². The van der Waals surface area contributed by atoms with Crippen LogP contribution in [-0.2, 0) is 11.2 Å². The first kappa shape index (κ1) is 24.4. The first-order valence-corrected chi connectivity index (χ1v) is 11.3. The summed E-state index contributed by atoms with van der Waals surface area (Å²) in [5.74, 6) is 1.91. The summed E-state index contributed by atoms with van der Waals surface area (Å²) in [6.07, 6.45) is 6.35. The number of ether oxygens (including phenoxy) is 2. The lowest BCUT2D eigenvalue weighted by atomic mass is 10.0. The Hall–Kier alpha value is -1.87. The van der Waals surface area contributed by atoms with Gasteiger partial charge in [0.25, 0.3) is 0 Å². The summed E-state index contributed by atoms with van der Waals surface area (Å²) in [4.78, 5) is 13.5. The Morgan fingerprint density at radius 3 is 2.47 bits per heavy atom. The third-order valence-corrected chi connectivity index (χ3v) is 5.22. The van der Waals surface area contributed by atoms with Gasteiger partial charge < -0.3 is 20.1 Å². The third kappa shape index (κ3) is 6.84. The van der Waals surface area contributed by atoms with Gasteiger partial charge in [0.15, 0.2) is 0 Å². The van der Waals surface area contributed by atoms with Crippen LogP contribution in [0.4, 0.5) is 5.95 Å². The number of rotatable bonds is 5. The normalized spacial score (nSPS) is 16.4. The van der Waals surface area contributed by atoms with E-state index in [1.54, 1.807) is 13.4 Å². The predicted molar refractivity (Wildman–Crippen MR) is 126 cm³/mol. The monoisotopic (exact) mass is 433 g/mol. The maximum absolute atomic E-state index is 5.71. The first-order chi connectivity index (χ1) is 14.7. The van der Waals surface area contributed by atoms with Gasteiger partial charge in [-0.15, -0.1) is 0 Å². The molecule has 1 aromatic heterocycles. The van der Waals surface area contributed by atoms with Gasteiger partial charge in [-0.25, -0.2) is 9.97 Å². The number of fused-ring (bicyclic) bond motifs is 1. The molecule has 1 unspecified atom stereocenters. The van der Waals surface area contributed by atoms with Crippen LogP contribution in [0.5, 0.6) is 5.75 Å². The molecule has 0 aliphatic carbocycles. The van der Waals surface area contributed by atoms with Gasteiger partial charge >= 0.3 is 0 Å². The topological polar surface area (TPSA) is 76.7 Å². The van der Waals surface area contributed by atoms with E-state index in [1.807, 2.05) is 18.5 Å². The summed E-state index contributed by atoms with van der Waals surface area (Å²) in [5.41, 5.74) is 7.70. The summed E-state index contributed by atoms with van der Waals surface area (Å²) in [6, 6.07) is 8.97. The van der Waals surface area contributed by atoms with Crippen molar-refractivity contribution in [3.05, 3.63) is 47.8 Å². The van der Waals surface area contributed by atoms with Crippen LogP contribution in [0, 0.1) is 0 Å². The van der Waals surface area contributed by atoms with E-state index in [9.17, 15) is 0 Å². The molecule has 3 heterocycles. The highest BCUT2D eigenvalue weighted by molar-refractivity contribution is 7.79. The molecule has 0 spiro atoms. The Morgan fingerprint density at radius 1 is 1.17 bits per heavy atom. The highest BCUT2D eigenvalue weighted by Gasteiger charge is 2.24. The van der Waals surface area contributed by atoms with Gasteiger partial charge in [0, 0.05) is 64.7 Å². The number of aromatic nitrogens is 2. The summed E-state index contributed by atoms with van der Waals surface area (Å²) in [7, 11) is 1.63. The number of hydrogen-bond acceptors (Lipinski definition) is 8. The molecule has 0 bridgehead atoms. The van der Waals surface area contributed by atoms with E-state index in [-0.39, 0.29) is 0 Å². The molecule has 2 N–H and O–H groups in total. The summed E-state index contributed by atoms with van der Waals surface area (Å²) < 4.78 is 10.3. The molecule has 7 nitrogen and oxygen atoms in total. The number of piperazine rings is 1. The minimum atomic E-state index is 0.406. The Balaban J connectivity index is 0.000000404. The predicted octanol–water partition coefficient (Wildman–Crippen LogP) is 2.43. The summed E-state index contributed by atoms with van der Waals surface area (Å²) in [6.45, 7) is 8.38. The Labute approximate surface area is 186 Å². The Bertz CT molecular complexity index is 725. The molecule has 30 heavy (non-hydrogen) atoms. The second-order valence-electron chi connectivity index (χ2n) is 6.99. The zero-order valence-electron chi connectivity index (χ0n) is 18.3. The van der Waals surface area contributed by atoms with Crippen LogP contribution in [-0.4, -0.2) is 74.2 Å². The molecule has 166 valence electrons. The van der Waals surface area contributed by atoms with Crippen molar-refractivity contribution in [2.45, 2.75) is 19.4 Å². The molecule has 1 fully saturated rings. The maximum atomic E-state index is 5.71. The molecule has 0 radical (unpaired) electrons. The molecule has 1 aromatic carbocycles. The van der Waals surface area contributed by atoms with Gasteiger partial charge in [0.2, 0.25) is 5.95 Å². The van der Waals surface area contributed by atoms with Crippen molar-refractivity contribution in [2.24, 2.45) is 5.73 Å². The highest BCUT2D eigenvalue weighted by atomic mass is 32.1. The van der Waals surface area contributed by atoms with Crippen LogP contribution < -0.4 is 15.4 Å². The molecule has 2 aromatic rings. The smallest absolute Gasteiger partial charge is 0.225 e. The zero-order valence-corrected chi connectivity index (χ0v) is 19.2. The third-order valence-electron chi connectivity index (χ3n) is 5.22. The Morgan fingerprint density at radius 2 is 1.87 bits per heavy atom. The quantitative estimate of drug-likeness (QED) is 0.702. The van der Waals surface area contributed by atoms with Gasteiger partial charge in [-0.05, 0) is 36.4 Å². The summed E-state index contributed by atoms with van der Waals surface area (Å²) in [5, 5.41) is 0.